The first-order chi connectivity index (χ1) is 14.6. The van der Waals surface area contributed by atoms with Crippen molar-refractivity contribution in [3.05, 3.63) is 58.1 Å². The lowest BCUT2D eigenvalue weighted by molar-refractivity contribution is -0.142. The SMILES string of the molecule is COc1ccc(CN(C(=O)COc2cc(C)c(Cl)c(C)c2)[C@@H](C)C(=O)NC(C)C)cc1. The summed E-state index contributed by atoms with van der Waals surface area (Å²) in [6, 6.07) is 10.3. The summed E-state index contributed by atoms with van der Waals surface area (Å²) in [4.78, 5) is 27.2. The van der Waals surface area contributed by atoms with Gasteiger partial charge in [0.1, 0.15) is 17.5 Å². The lowest BCUT2D eigenvalue weighted by Crippen LogP contribution is -2.50. The molecular formula is C24H31ClN2O4. The Morgan fingerprint density at radius 3 is 2.13 bits per heavy atom. The summed E-state index contributed by atoms with van der Waals surface area (Å²) in [6.07, 6.45) is 0. The van der Waals surface area contributed by atoms with Gasteiger partial charge in [0.15, 0.2) is 6.61 Å². The Labute approximate surface area is 189 Å². The lowest BCUT2D eigenvalue weighted by atomic mass is 10.1. The van der Waals surface area contributed by atoms with Gasteiger partial charge in [0.05, 0.1) is 7.11 Å². The van der Waals surface area contributed by atoms with Gasteiger partial charge in [-0.3, -0.25) is 9.59 Å². The quantitative estimate of drug-likeness (QED) is 0.624. The van der Waals surface area contributed by atoms with Crippen molar-refractivity contribution in [2.24, 2.45) is 0 Å². The number of rotatable bonds is 9. The minimum absolute atomic E-state index is 0.0239. The third-order valence-corrected chi connectivity index (χ3v) is 5.48. The highest BCUT2D eigenvalue weighted by Gasteiger charge is 2.27. The number of amides is 2. The zero-order chi connectivity index (χ0) is 23.1. The average Bonchev–Trinajstić information content (AvgIpc) is 2.73. The number of carbonyl (C=O) groups excluding carboxylic acids is 2. The Kier molecular flexibility index (Phi) is 8.75. The highest BCUT2D eigenvalue weighted by atomic mass is 35.5. The molecular weight excluding hydrogens is 416 g/mol. The van der Waals surface area contributed by atoms with Crippen LogP contribution in [-0.2, 0) is 16.1 Å². The van der Waals surface area contributed by atoms with Crippen molar-refractivity contribution < 1.29 is 19.1 Å². The molecule has 2 aromatic rings. The van der Waals surface area contributed by atoms with Gasteiger partial charge in [-0.1, -0.05) is 23.7 Å². The summed E-state index contributed by atoms with van der Waals surface area (Å²) in [5.41, 5.74) is 2.64. The van der Waals surface area contributed by atoms with Crippen molar-refractivity contribution in [2.75, 3.05) is 13.7 Å². The molecule has 0 unspecified atom stereocenters. The van der Waals surface area contributed by atoms with E-state index in [0.29, 0.717) is 10.8 Å². The molecule has 1 atom stereocenters. The van der Waals surface area contributed by atoms with Gasteiger partial charge in [0.2, 0.25) is 5.91 Å². The highest BCUT2D eigenvalue weighted by molar-refractivity contribution is 6.32. The van der Waals surface area contributed by atoms with Crippen LogP contribution in [0.5, 0.6) is 11.5 Å². The molecule has 0 bridgehead atoms. The van der Waals surface area contributed by atoms with E-state index in [0.717, 1.165) is 22.4 Å². The Morgan fingerprint density at radius 2 is 1.61 bits per heavy atom. The van der Waals surface area contributed by atoms with Crippen LogP contribution >= 0.6 is 11.6 Å². The predicted molar refractivity (Wildman–Crippen MR) is 123 cm³/mol. The van der Waals surface area contributed by atoms with Gasteiger partial charge in [-0.15, -0.1) is 0 Å². The topological polar surface area (TPSA) is 67.9 Å². The van der Waals surface area contributed by atoms with E-state index in [-0.39, 0.29) is 31.0 Å². The number of aryl methyl sites for hydroxylation is 2. The maximum absolute atomic E-state index is 13.1. The van der Waals surface area contributed by atoms with Gasteiger partial charge in [-0.05, 0) is 75.6 Å². The number of methoxy groups -OCH3 is 1. The third-order valence-electron chi connectivity index (χ3n) is 4.88. The maximum Gasteiger partial charge on any atom is 0.261 e. The van der Waals surface area contributed by atoms with E-state index in [4.69, 9.17) is 21.1 Å². The Morgan fingerprint density at radius 1 is 1.03 bits per heavy atom. The first kappa shape index (κ1) is 24.5. The van der Waals surface area contributed by atoms with Crippen LogP contribution in [0.25, 0.3) is 0 Å². The Hall–Kier alpha value is -2.73. The van der Waals surface area contributed by atoms with Crippen LogP contribution in [0.15, 0.2) is 36.4 Å². The van der Waals surface area contributed by atoms with Gasteiger partial charge in [0.25, 0.3) is 5.91 Å². The molecule has 1 N–H and O–H groups in total. The van der Waals surface area contributed by atoms with E-state index >= 15 is 0 Å². The summed E-state index contributed by atoms with van der Waals surface area (Å²) in [6.45, 7) is 9.35. The smallest absolute Gasteiger partial charge is 0.261 e. The monoisotopic (exact) mass is 446 g/mol. The molecule has 0 aliphatic heterocycles. The van der Waals surface area contributed by atoms with Crippen LogP contribution in [0.2, 0.25) is 5.02 Å². The van der Waals surface area contributed by atoms with E-state index in [1.165, 1.54) is 4.90 Å². The van der Waals surface area contributed by atoms with Crippen LogP contribution in [0, 0.1) is 13.8 Å². The van der Waals surface area contributed by atoms with E-state index in [9.17, 15) is 9.59 Å². The second-order valence-corrected chi connectivity index (χ2v) is 8.25. The summed E-state index contributed by atoms with van der Waals surface area (Å²) in [5, 5.41) is 3.55. The molecule has 0 aliphatic rings. The largest absolute Gasteiger partial charge is 0.497 e. The number of hydrogen-bond acceptors (Lipinski definition) is 4. The fourth-order valence-electron chi connectivity index (χ4n) is 3.13. The fraction of sp³-hybridized carbons (Fsp3) is 0.417. The summed E-state index contributed by atoms with van der Waals surface area (Å²) in [7, 11) is 1.60. The molecule has 0 radical (unpaired) electrons. The maximum atomic E-state index is 13.1. The van der Waals surface area contributed by atoms with E-state index < -0.39 is 6.04 Å². The predicted octanol–water partition coefficient (Wildman–Crippen LogP) is 4.29. The number of nitrogens with one attached hydrogen (secondary N) is 1. The molecule has 2 amide bonds. The average molecular weight is 447 g/mol. The van der Waals surface area contributed by atoms with Gasteiger partial charge in [0, 0.05) is 17.6 Å². The van der Waals surface area contributed by atoms with Crippen molar-refractivity contribution in [2.45, 2.75) is 53.2 Å². The number of nitrogens with zero attached hydrogens (tertiary/aromatic N) is 1. The van der Waals surface area contributed by atoms with E-state index in [2.05, 4.69) is 5.32 Å². The van der Waals surface area contributed by atoms with Crippen molar-refractivity contribution in [3.63, 3.8) is 0 Å². The number of benzene rings is 2. The molecule has 0 aliphatic carbocycles. The van der Waals surface area contributed by atoms with Gasteiger partial charge in [-0.25, -0.2) is 0 Å². The summed E-state index contributed by atoms with van der Waals surface area (Å²) >= 11 is 6.21. The Balaban J connectivity index is 2.18. The fourth-order valence-corrected chi connectivity index (χ4v) is 3.24. The highest BCUT2D eigenvalue weighted by Crippen LogP contribution is 2.26. The minimum atomic E-state index is -0.658. The molecule has 2 aromatic carbocycles. The molecule has 2 rings (SSSR count). The molecule has 6 nitrogen and oxygen atoms in total. The number of ether oxygens (including phenoxy) is 2. The molecule has 0 spiro atoms. The van der Waals surface area contributed by atoms with Crippen molar-refractivity contribution >= 4 is 23.4 Å². The molecule has 168 valence electrons. The van der Waals surface area contributed by atoms with Crippen LogP contribution in [0.3, 0.4) is 0 Å². The standard InChI is InChI=1S/C24H31ClN2O4/c1-15(2)26-24(29)18(5)27(13-19-7-9-20(30-6)10-8-19)22(28)14-31-21-11-16(3)23(25)17(4)12-21/h7-12,15,18H,13-14H2,1-6H3,(H,26,29)/t18-/m0/s1. The van der Waals surface area contributed by atoms with Crippen molar-refractivity contribution in [1.82, 2.24) is 10.2 Å². The van der Waals surface area contributed by atoms with E-state index in [1.54, 1.807) is 26.2 Å². The minimum Gasteiger partial charge on any atom is -0.497 e. The third kappa shape index (κ3) is 6.89. The normalized spacial score (nSPS) is 11.7. The van der Waals surface area contributed by atoms with Crippen LogP contribution in [0.1, 0.15) is 37.5 Å². The molecule has 7 heteroatoms. The summed E-state index contributed by atoms with van der Waals surface area (Å²) < 4.78 is 10.9. The molecule has 0 aromatic heterocycles. The number of halogens is 1. The first-order valence-corrected chi connectivity index (χ1v) is 10.6. The lowest BCUT2D eigenvalue weighted by Gasteiger charge is -2.29. The van der Waals surface area contributed by atoms with E-state index in [1.807, 2.05) is 52.0 Å². The molecule has 0 saturated heterocycles. The molecule has 31 heavy (non-hydrogen) atoms. The zero-order valence-electron chi connectivity index (χ0n) is 19.0. The summed E-state index contributed by atoms with van der Waals surface area (Å²) in [5.74, 6) is 0.794. The number of hydrogen-bond donors (Lipinski definition) is 1. The van der Waals surface area contributed by atoms with Gasteiger partial charge >= 0.3 is 0 Å². The molecule has 0 fully saturated rings. The second kappa shape index (κ2) is 11.0. The van der Waals surface area contributed by atoms with Crippen molar-refractivity contribution in [1.29, 1.82) is 0 Å². The Bertz CT molecular complexity index is 889. The van der Waals surface area contributed by atoms with Gasteiger partial charge < -0.3 is 19.7 Å². The van der Waals surface area contributed by atoms with Crippen LogP contribution in [-0.4, -0.2) is 42.5 Å². The van der Waals surface area contributed by atoms with Crippen LogP contribution in [0.4, 0.5) is 0 Å². The van der Waals surface area contributed by atoms with Crippen LogP contribution < -0.4 is 14.8 Å². The first-order valence-electron chi connectivity index (χ1n) is 10.2. The molecule has 0 saturated carbocycles. The zero-order valence-corrected chi connectivity index (χ0v) is 19.7. The number of carbonyl (C=O) groups is 2. The molecule has 0 heterocycles. The van der Waals surface area contributed by atoms with Crippen molar-refractivity contribution in [3.8, 4) is 11.5 Å². The van der Waals surface area contributed by atoms with Gasteiger partial charge in [-0.2, -0.15) is 0 Å². The second-order valence-electron chi connectivity index (χ2n) is 7.87.